The van der Waals surface area contributed by atoms with Crippen molar-refractivity contribution in [2.75, 3.05) is 13.1 Å². The molecule has 0 saturated carbocycles. The van der Waals surface area contributed by atoms with Gasteiger partial charge >= 0.3 is 5.69 Å². The molecule has 1 fully saturated rings. The van der Waals surface area contributed by atoms with Crippen LogP contribution in [0.15, 0.2) is 46.1 Å². The number of likely N-dealkylation sites (tertiary alicyclic amines) is 1. The fraction of sp³-hybridized carbons (Fsp3) is 0.333. The summed E-state index contributed by atoms with van der Waals surface area (Å²) in [4.78, 5) is 43.9. The van der Waals surface area contributed by atoms with Gasteiger partial charge in [-0.1, -0.05) is 12.1 Å². The minimum absolute atomic E-state index is 0.0541. The number of rotatable bonds is 3. The SMILES string of the molecule is O=C(Cn1ccc(=O)[nH]c1=O)N1CCC(c2nc3ccccc3s2)CC1. The number of para-hydroxylation sites is 1. The monoisotopic (exact) mass is 370 g/mol. The quantitative estimate of drug-likeness (QED) is 0.758. The Morgan fingerprint density at radius 1 is 1.19 bits per heavy atom. The summed E-state index contributed by atoms with van der Waals surface area (Å²) in [5, 5.41) is 1.13. The number of hydrogen-bond acceptors (Lipinski definition) is 5. The van der Waals surface area contributed by atoms with E-state index in [1.807, 2.05) is 18.2 Å². The van der Waals surface area contributed by atoms with Gasteiger partial charge in [0, 0.05) is 31.3 Å². The van der Waals surface area contributed by atoms with E-state index in [0.717, 1.165) is 23.4 Å². The van der Waals surface area contributed by atoms with Crippen LogP contribution in [0.3, 0.4) is 0 Å². The summed E-state index contributed by atoms with van der Waals surface area (Å²) in [5.74, 6) is 0.258. The van der Waals surface area contributed by atoms with Gasteiger partial charge in [-0.15, -0.1) is 11.3 Å². The Labute approximate surface area is 152 Å². The van der Waals surface area contributed by atoms with E-state index < -0.39 is 11.2 Å². The molecule has 0 atom stereocenters. The molecule has 7 nitrogen and oxygen atoms in total. The first-order valence-electron chi connectivity index (χ1n) is 8.53. The second-order valence-electron chi connectivity index (χ2n) is 6.41. The maximum absolute atomic E-state index is 12.4. The van der Waals surface area contributed by atoms with Gasteiger partial charge < -0.3 is 4.90 Å². The van der Waals surface area contributed by atoms with E-state index >= 15 is 0 Å². The van der Waals surface area contributed by atoms with Crippen LogP contribution in [0.4, 0.5) is 0 Å². The molecule has 0 aliphatic carbocycles. The molecule has 3 aromatic rings. The van der Waals surface area contributed by atoms with E-state index in [9.17, 15) is 14.4 Å². The number of H-pyrrole nitrogens is 1. The van der Waals surface area contributed by atoms with Crippen molar-refractivity contribution in [3.05, 3.63) is 62.4 Å². The molecule has 1 aliphatic heterocycles. The van der Waals surface area contributed by atoms with E-state index in [4.69, 9.17) is 4.98 Å². The number of nitrogens with zero attached hydrogens (tertiary/aromatic N) is 3. The highest BCUT2D eigenvalue weighted by Crippen LogP contribution is 2.33. The van der Waals surface area contributed by atoms with Crippen molar-refractivity contribution >= 4 is 27.5 Å². The first-order chi connectivity index (χ1) is 12.6. The lowest BCUT2D eigenvalue weighted by Gasteiger charge is -2.31. The van der Waals surface area contributed by atoms with Crippen molar-refractivity contribution in [1.29, 1.82) is 0 Å². The zero-order valence-corrected chi connectivity index (χ0v) is 14.9. The summed E-state index contributed by atoms with van der Waals surface area (Å²) >= 11 is 1.73. The van der Waals surface area contributed by atoms with Crippen LogP contribution in [0.2, 0.25) is 0 Å². The zero-order valence-electron chi connectivity index (χ0n) is 14.1. The average Bonchev–Trinajstić information content (AvgIpc) is 3.08. The highest BCUT2D eigenvalue weighted by atomic mass is 32.1. The lowest BCUT2D eigenvalue weighted by molar-refractivity contribution is -0.133. The predicted molar refractivity (Wildman–Crippen MR) is 99.5 cm³/mol. The molecule has 1 aromatic carbocycles. The topological polar surface area (TPSA) is 88.1 Å². The van der Waals surface area contributed by atoms with Crippen molar-refractivity contribution < 1.29 is 4.79 Å². The van der Waals surface area contributed by atoms with Gasteiger partial charge in [-0.2, -0.15) is 0 Å². The van der Waals surface area contributed by atoms with Crippen LogP contribution in [-0.4, -0.2) is 38.4 Å². The fourth-order valence-electron chi connectivity index (χ4n) is 3.25. The zero-order chi connectivity index (χ0) is 18.1. The number of thiazole rings is 1. The van der Waals surface area contributed by atoms with Gasteiger partial charge in [0.15, 0.2) is 0 Å². The van der Waals surface area contributed by atoms with Crippen LogP contribution in [0, 0.1) is 0 Å². The molecule has 4 rings (SSSR count). The van der Waals surface area contributed by atoms with Crippen LogP contribution in [0.25, 0.3) is 10.2 Å². The van der Waals surface area contributed by atoms with E-state index in [0.29, 0.717) is 19.0 Å². The van der Waals surface area contributed by atoms with Crippen molar-refractivity contribution in [3.63, 3.8) is 0 Å². The number of carbonyl (C=O) groups excluding carboxylic acids is 1. The molecule has 26 heavy (non-hydrogen) atoms. The number of nitrogens with one attached hydrogen (secondary N) is 1. The van der Waals surface area contributed by atoms with Crippen molar-refractivity contribution in [3.8, 4) is 0 Å². The number of piperidine rings is 1. The van der Waals surface area contributed by atoms with Gasteiger partial charge in [0.2, 0.25) is 5.91 Å². The predicted octanol–water partition coefficient (Wildman–Crippen LogP) is 1.55. The summed E-state index contributed by atoms with van der Waals surface area (Å²) in [6, 6.07) is 9.36. The largest absolute Gasteiger partial charge is 0.341 e. The third-order valence-corrected chi connectivity index (χ3v) is 5.91. The third kappa shape index (κ3) is 3.32. The molecule has 134 valence electrons. The van der Waals surface area contributed by atoms with E-state index in [-0.39, 0.29) is 12.5 Å². The minimum atomic E-state index is -0.560. The van der Waals surface area contributed by atoms with Gasteiger partial charge in [0.1, 0.15) is 6.54 Å². The Balaban J connectivity index is 1.40. The summed E-state index contributed by atoms with van der Waals surface area (Å²) in [5.41, 5.74) is 0.00834. The standard InChI is InChI=1S/C18H18N4O3S/c23-15-7-10-22(18(25)20-15)11-16(24)21-8-5-12(6-9-21)17-19-13-3-1-2-4-14(13)26-17/h1-4,7,10,12H,5-6,8-9,11H2,(H,20,23,25). The lowest BCUT2D eigenvalue weighted by atomic mass is 9.97. The maximum Gasteiger partial charge on any atom is 0.328 e. The first-order valence-corrected chi connectivity index (χ1v) is 9.35. The highest BCUT2D eigenvalue weighted by molar-refractivity contribution is 7.18. The van der Waals surface area contributed by atoms with Crippen LogP contribution in [0.5, 0.6) is 0 Å². The second-order valence-corrected chi connectivity index (χ2v) is 7.48. The van der Waals surface area contributed by atoms with Gasteiger partial charge in [-0.05, 0) is 25.0 Å². The third-order valence-electron chi connectivity index (χ3n) is 4.71. The molecule has 0 radical (unpaired) electrons. The number of aromatic nitrogens is 3. The summed E-state index contributed by atoms with van der Waals surface area (Å²) in [7, 11) is 0. The summed E-state index contributed by atoms with van der Waals surface area (Å²) in [6.07, 6.45) is 3.09. The Kier molecular flexibility index (Phi) is 4.42. The highest BCUT2D eigenvalue weighted by Gasteiger charge is 2.26. The van der Waals surface area contributed by atoms with Gasteiger partial charge in [-0.3, -0.25) is 19.1 Å². The van der Waals surface area contributed by atoms with Gasteiger partial charge in [0.25, 0.3) is 5.56 Å². The molecule has 1 aliphatic rings. The lowest BCUT2D eigenvalue weighted by Crippen LogP contribution is -2.42. The Morgan fingerprint density at radius 3 is 2.69 bits per heavy atom. The van der Waals surface area contributed by atoms with Gasteiger partial charge in [-0.25, -0.2) is 9.78 Å². The molecule has 1 amide bonds. The van der Waals surface area contributed by atoms with E-state index in [1.165, 1.54) is 21.5 Å². The van der Waals surface area contributed by atoms with Gasteiger partial charge in [0.05, 0.1) is 15.2 Å². The average molecular weight is 370 g/mol. The molecule has 0 bridgehead atoms. The number of fused-ring (bicyclic) bond motifs is 1. The van der Waals surface area contributed by atoms with Crippen molar-refractivity contribution in [2.24, 2.45) is 0 Å². The van der Waals surface area contributed by atoms with Crippen molar-refractivity contribution in [1.82, 2.24) is 19.4 Å². The summed E-state index contributed by atoms with van der Waals surface area (Å²) in [6.45, 7) is 1.25. The number of carbonyl (C=O) groups is 1. The Bertz CT molecular complexity index is 1030. The number of hydrogen-bond donors (Lipinski definition) is 1. The number of amides is 1. The van der Waals surface area contributed by atoms with E-state index in [2.05, 4.69) is 11.1 Å². The van der Waals surface area contributed by atoms with Crippen LogP contribution in [0.1, 0.15) is 23.8 Å². The fourth-order valence-corrected chi connectivity index (χ4v) is 4.39. The van der Waals surface area contributed by atoms with Crippen LogP contribution < -0.4 is 11.2 Å². The van der Waals surface area contributed by atoms with Crippen LogP contribution in [-0.2, 0) is 11.3 Å². The number of benzene rings is 1. The maximum atomic E-state index is 12.4. The number of aromatic amines is 1. The van der Waals surface area contributed by atoms with Crippen molar-refractivity contribution in [2.45, 2.75) is 25.3 Å². The molecule has 2 aromatic heterocycles. The summed E-state index contributed by atoms with van der Waals surface area (Å²) < 4.78 is 2.42. The molecular weight excluding hydrogens is 352 g/mol. The Morgan fingerprint density at radius 2 is 1.96 bits per heavy atom. The first kappa shape index (κ1) is 16.7. The molecule has 0 unspecified atom stereocenters. The smallest absolute Gasteiger partial charge is 0.328 e. The molecule has 1 N–H and O–H groups in total. The minimum Gasteiger partial charge on any atom is -0.341 e. The van der Waals surface area contributed by atoms with E-state index in [1.54, 1.807) is 16.2 Å². The molecule has 3 heterocycles. The van der Waals surface area contributed by atoms with Crippen LogP contribution >= 0.6 is 11.3 Å². The molecule has 1 saturated heterocycles. The normalized spacial score (nSPS) is 15.5. The molecular formula is C18H18N4O3S. The molecule has 0 spiro atoms. The molecule has 8 heteroatoms. The second kappa shape index (κ2) is 6.87. The Hall–Kier alpha value is -2.74.